The lowest BCUT2D eigenvalue weighted by Crippen LogP contribution is -2.44. The molecule has 150 valence electrons. The topological polar surface area (TPSA) is 32.8 Å². The van der Waals surface area contributed by atoms with Gasteiger partial charge in [-0.3, -0.25) is 0 Å². The lowest BCUT2D eigenvalue weighted by atomic mass is 9.79. The number of benzene rings is 1. The van der Waals surface area contributed by atoms with Crippen molar-refractivity contribution in [1.82, 2.24) is 4.90 Å². The van der Waals surface area contributed by atoms with Crippen LogP contribution in [0, 0.1) is 24.6 Å². The number of piperidine rings is 2. The van der Waals surface area contributed by atoms with Crippen LogP contribution in [0.2, 0.25) is 0 Å². The minimum atomic E-state index is -0.434. The first-order chi connectivity index (χ1) is 12.7. The van der Waals surface area contributed by atoms with Gasteiger partial charge in [-0.05, 0) is 82.9 Å². The summed E-state index contributed by atoms with van der Waals surface area (Å²) >= 11 is 0. The molecule has 0 radical (unpaired) electrons. The van der Waals surface area contributed by atoms with E-state index in [9.17, 15) is 9.18 Å². The summed E-state index contributed by atoms with van der Waals surface area (Å²) in [5.41, 5.74) is 1.26. The Kier molecular flexibility index (Phi) is 5.97. The number of nitrogens with zero attached hydrogens (tertiary/aromatic N) is 2. The Morgan fingerprint density at radius 1 is 1.04 bits per heavy atom. The number of likely N-dealkylation sites (tertiary alicyclic amines) is 1. The molecule has 0 unspecified atom stereocenters. The van der Waals surface area contributed by atoms with E-state index in [0.29, 0.717) is 17.4 Å². The van der Waals surface area contributed by atoms with Crippen molar-refractivity contribution in [3.05, 3.63) is 29.6 Å². The molecule has 0 aliphatic carbocycles. The number of rotatable bonds is 2. The van der Waals surface area contributed by atoms with E-state index in [0.717, 1.165) is 57.5 Å². The van der Waals surface area contributed by atoms with Gasteiger partial charge in [0.05, 0.1) is 0 Å². The maximum Gasteiger partial charge on any atom is 0.410 e. The SMILES string of the molecule is Cc1ccc(N2CCC(C3CCN(C(=O)OC(C)(C)C)CC3)CC2)cc1F. The quantitative estimate of drug-likeness (QED) is 0.728. The van der Waals surface area contributed by atoms with Crippen LogP contribution in [0.25, 0.3) is 0 Å². The highest BCUT2D eigenvalue weighted by molar-refractivity contribution is 5.68. The minimum absolute atomic E-state index is 0.121. The Morgan fingerprint density at radius 2 is 1.59 bits per heavy atom. The number of carbonyl (C=O) groups is 1. The fraction of sp³-hybridized carbons (Fsp3) is 0.682. The summed E-state index contributed by atoms with van der Waals surface area (Å²) in [6, 6.07) is 5.55. The maximum absolute atomic E-state index is 13.8. The molecule has 2 aliphatic heterocycles. The molecule has 0 saturated carbocycles. The Hall–Kier alpha value is -1.78. The van der Waals surface area contributed by atoms with Gasteiger partial charge in [0.2, 0.25) is 0 Å². The van der Waals surface area contributed by atoms with Gasteiger partial charge in [-0.25, -0.2) is 9.18 Å². The van der Waals surface area contributed by atoms with Crippen LogP contribution in [-0.4, -0.2) is 42.8 Å². The van der Waals surface area contributed by atoms with Crippen molar-refractivity contribution in [2.24, 2.45) is 11.8 Å². The number of hydrogen-bond donors (Lipinski definition) is 0. The van der Waals surface area contributed by atoms with Crippen LogP contribution >= 0.6 is 0 Å². The van der Waals surface area contributed by atoms with Gasteiger partial charge in [0.25, 0.3) is 0 Å². The van der Waals surface area contributed by atoms with Crippen molar-refractivity contribution in [2.75, 3.05) is 31.1 Å². The average molecular weight is 377 g/mol. The third-order valence-electron chi connectivity index (χ3n) is 5.92. The molecule has 2 saturated heterocycles. The molecule has 27 heavy (non-hydrogen) atoms. The van der Waals surface area contributed by atoms with E-state index < -0.39 is 5.60 Å². The van der Waals surface area contributed by atoms with Crippen molar-refractivity contribution in [3.8, 4) is 0 Å². The third-order valence-corrected chi connectivity index (χ3v) is 5.92. The summed E-state index contributed by atoms with van der Waals surface area (Å²) in [6.07, 6.45) is 4.22. The van der Waals surface area contributed by atoms with Crippen LogP contribution in [0.15, 0.2) is 18.2 Å². The van der Waals surface area contributed by atoms with Crippen molar-refractivity contribution < 1.29 is 13.9 Å². The highest BCUT2D eigenvalue weighted by Gasteiger charge is 2.32. The molecule has 1 amide bonds. The van der Waals surface area contributed by atoms with Crippen LogP contribution in [0.3, 0.4) is 0 Å². The summed E-state index contributed by atoms with van der Waals surface area (Å²) in [5.74, 6) is 1.27. The number of amides is 1. The van der Waals surface area contributed by atoms with E-state index in [1.165, 1.54) is 0 Å². The van der Waals surface area contributed by atoms with Gasteiger partial charge in [0, 0.05) is 31.9 Å². The fourth-order valence-corrected chi connectivity index (χ4v) is 4.29. The molecule has 0 N–H and O–H groups in total. The van der Waals surface area contributed by atoms with Crippen molar-refractivity contribution >= 4 is 11.8 Å². The average Bonchev–Trinajstić information content (AvgIpc) is 2.63. The summed E-state index contributed by atoms with van der Waals surface area (Å²) in [6.45, 7) is 11.1. The first-order valence-corrected chi connectivity index (χ1v) is 10.2. The number of anilines is 1. The zero-order valence-corrected chi connectivity index (χ0v) is 17.1. The zero-order chi connectivity index (χ0) is 19.6. The first-order valence-electron chi connectivity index (χ1n) is 10.2. The van der Waals surface area contributed by atoms with Crippen LogP contribution < -0.4 is 4.90 Å². The van der Waals surface area contributed by atoms with E-state index in [2.05, 4.69) is 4.90 Å². The Bertz CT molecular complexity index is 655. The molecule has 3 rings (SSSR count). The Morgan fingerprint density at radius 3 is 2.11 bits per heavy atom. The van der Waals surface area contributed by atoms with Crippen LogP contribution in [0.4, 0.5) is 14.9 Å². The second-order valence-corrected chi connectivity index (χ2v) is 9.06. The van der Waals surface area contributed by atoms with Crippen LogP contribution in [0.5, 0.6) is 0 Å². The first kappa shape index (κ1) is 20.0. The van der Waals surface area contributed by atoms with Gasteiger partial charge in [-0.2, -0.15) is 0 Å². The lowest BCUT2D eigenvalue weighted by molar-refractivity contribution is 0.0152. The summed E-state index contributed by atoms with van der Waals surface area (Å²) in [7, 11) is 0. The smallest absolute Gasteiger partial charge is 0.410 e. The summed E-state index contributed by atoms with van der Waals surface area (Å²) in [4.78, 5) is 16.4. The Labute approximate surface area is 162 Å². The summed E-state index contributed by atoms with van der Waals surface area (Å²) in [5, 5.41) is 0. The molecule has 1 aromatic rings. The lowest BCUT2D eigenvalue weighted by Gasteiger charge is -2.41. The predicted molar refractivity (Wildman–Crippen MR) is 107 cm³/mol. The van der Waals surface area contributed by atoms with E-state index in [1.807, 2.05) is 37.8 Å². The summed E-state index contributed by atoms with van der Waals surface area (Å²) < 4.78 is 19.3. The van der Waals surface area contributed by atoms with Gasteiger partial charge >= 0.3 is 6.09 Å². The number of carbonyl (C=O) groups excluding carboxylic acids is 1. The molecular formula is C22H33FN2O2. The molecular weight excluding hydrogens is 343 g/mol. The largest absolute Gasteiger partial charge is 0.444 e. The van der Waals surface area contributed by atoms with E-state index in [-0.39, 0.29) is 11.9 Å². The molecule has 5 heteroatoms. The molecule has 1 aromatic carbocycles. The minimum Gasteiger partial charge on any atom is -0.444 e. The van der Waals surface area contributed by atoms with Crippen LogP contribution in [0.1, 0.15) is 52.0 Å². The normalized spacial score (nSPS) is 20.0. The third kappa shape index (κ3) is 5.14. The monoisotopic (exact) mass is 376 g/mol. The Balaban J connectivity index is 1.47. The van der Waals surface area contributed by atoms with Crippen LogP contribution in [-0.2, 0) is 4.74 Å². The van der Waals surface area contributed by atoms with Crippen molar-refractivity contribution in [3.63, 3.8) is 0 Å². The highest BCUT2D eigenvalue weighted by Crippen LogP contribution is 2.34. The predicted octanol–water partition coefficient (Wildman–Crippen LogP) is 5.00. The van der Waals surface area contributed by atoms with E-state index >= 15 is 0 Å². The van der Waals surface area contributed by atoms with E-state index in [4.69, 9.17) is 4.74 Å². The second kappa shape index (κ2) is 8.07. The van der Waals surface area contributed by atoms with Gasteiger partial charge in [0.15, 0.2) is 0 Å². The molecule has 0 atom stereocenters. The van der Waals surface area contributed by atoms with Gasteiger partial charge < -0.3 is 14.5 Å². The number of ether oxygens (including phenoxy) is 1. The molecule has 0 spiro atoms. The maximum atomic E-state index is 13.8. The van der Waals surface area contributed by atoms with Crippen molar-refractivity contribution in [2.45, 2.75) is 59.0 Å². The zero-order valence-electron chi connectivity index (χ0n) is 17.1. The molecule has 2 aliphatic rings. The molecule has 0 bridgehead atoms. The fourth-order valence-electron chi connectivity index (χ4n) is 4.29. The second-order valence-electron chi connectivity index (χ2n) is 9.06. The van der Waals surface area contributed by atoms with Crippen molar-refractivity contribution in [1.29, 1.82) is 0 Å². The standard InChI is InChI=1S/C22H33FN2O2/c1-16-5-6-19(15-20(16)23)24-11-7-17(8-12-24)18-9-13-25(14-10-18)21(26)27-22(2,3)4/h5-6,15,17-18H,7-14H2,1-4H3. The molecule has 2 fully saturated rings. The number of aryl methyl sites for hydroxylation is 1. The number of hydrogen-bond acceptors (Lipinski definition) is 3. The van der Waals surface area contributed by atoms with Gasteiger partial charge in [0.1, 0.15) is 11.4 Å². The molecule has 4 nitrogen and oxygen atoms in total. The number of halogens is 1. The molecule has 0 aromatic heterocycles. The molecule has 2 heterocycles. The van der Waals surface area contributed by atoms with E-state index in [1.54, 1.807) is 13.0 Å². The highest BCUT2D eigenvalue weighted by atomic mass is 19.1. The van der Waals surface area contributed by atoms with Gasteiger partial charge in [-0.15, -0.1) is 0 Å². The van der Waals surface area contributed by atoms with Gasteiger partial charge in [-0.1, -0.05) is 6.07 Å².